The molecule has 2 rings (SSSR count). The highest BCUT2D eigenvalue weighted by atomic mass is 19.1. The molecule has 0 aliphatic heterocycles. The number of carbonyl (C=O) groups is 1. The van der Waals surface area contributed by atoms with E-state index < -0.39 is 11.5 Å². The van der Waals surface area contributed by atoms with E-state index in [1.165, 1.54) is 24.4 Å². The molecule has 0 saturated heterocycles. The Hall–Kier alpha value is -2.43. The minimum atomic E-state index is -0.460. The number of hydrogen-bond donors (Lipinski definition) is 2. The number of rotatable bonds is 3. The Balaban J connectivity index is 2.13. The topological polar surface area (TPSA) is 62.0 Å². The van der Waals surface area contributed by atoms with Crippen LogP contribution in [0.5, 0.6) is 0 Å². The summed E-state index contributed by atoms with van der Waals surface area (Å²) in [6, 6.07) is 8.56. The third-order valence-electron chi connectivity index (χ3n) is 2.78. The number of aromatic nitrogens is 1. The second kappa shape index (κ2) is 5.48. The molecule has 1 heterocycles. The molecular weight excluding hydrogens is 247 g/mol. The normalized spacial score (nSPS) is 11.9. The number of hydrogen-bond acceptors (Lipinski definition) is 2. The summed E-state index contributed by atoms with van der Waals surface area (Å²) in [6.45, 7) is 1.77. The maximum atomic E-state index is 12.8. The number of halogens is 1. The molecule has 2 N–H and O–H groups in total. The van der Waals surface area contributed by atoms with Crippen LogP contribution in [0, 0.1) is 5.82 Å². The van der Waals surface area contributed by atoms with Gasteiger partial charge in [-0.1, -0.05) is 12.1 Å². The lowest BCUT2D eigenvalue weighted by Crippen LogP contribution is -2.31. The standard InChI is InChI=1S/C14H13FN2O2/c1-9(10-4-6-11(15)7-5-10)17-14(19)12-3-2-8-16-13(12)18/h2-9H,1H3,(H,16,18)(H,17,19)/t9-/m0/s1. The summed E-state index contributed by atoms with van der Waals surface area (Å²) >= 11 is 0. The van der Waals surface area contributed by atoms with Crippen molar-refractivity contribution in [2.45, 2.75) is 13.0 Å². The van der Waals surface area contributed by atoms with E-state index in [9.17, 15) is 14.0 Å². The molecule has 19 heavy (non-hydrogen) atoms. The van der Waals surface area contributed by atoms with Crippen LogP contribution in [-0.4, -0.2) is 10.9 Å². The molecule has 2 aromatic rings. The van der Waals surface area contributed by atoms with Gasteiger partial charge in [-0.25, -0.2) is 4.39 Å². The summed E-state index contributed by atoms with van der Waals surface area (Å²) < 4.78 is 12.8. The first-order chi connectivity index (χ1) is 9.08. The van der Waals surface area contributed by atoms with Crippen molar-refractivity contribution in [3.05, 3.63) is 69.9 Å². The Morgan fingerprint density at radius 3 is 2.58 bits per heavy atom. The maximum absolute atomic E-state index is 12.8. The van der Waals surface area contributed by atoms with Gasteiger partial charge in [-0.05, 0) is 36.8 Å². The predicted octanol–water partition coefficient (Wildman–Crippen LogP) is 2.00. The van der Waals surface area contributed by atoms with Gasteiger partial charge in [0.05, 0.1) is 6.04 Å². The molecule has 98 valence electrons. The summed E-state index contributed by atoms with van der Waals surface area (Å²) in [5, 5.41) is 2.69. The fraction of sp³-hybridized carbons (Fsp3) is 0.143. The fourth-order valence-corrected chi connectivity index (χ4v) is 1.71. The van der Waals surface area contributed by atoms with Crippen molar-refractivity contribution in [2.24, 2.45) is 0 Å². The number of nitrogens with one attached hydrogen (secondary N) is 2. The van der Waals surface area contributed by atoms with Gasteiger partial charge in [0.15, 0.2) is 0 Å². The molecule has 0 bridgehead atoms. The first-order valence-corrected chi connectivity index (χ1v) is 5.82. The predicted molar refractivity (Wildman–Crippen MR) is 69.3 cm³/mol. The van der Waals surface area contributed by atoms with Crippen LogP contribution in [0.1, 0.15) is 28.9 Å². The van der Waals surface area contributed by atoms with E-state index in [1.807, 2.05) is 0 Å². The van der Waals surface area contributed by atoms with Gasteiger partial charge < -0.3 is 10.3 Å². The van der Waals surface area contributed by atoms with Crippen LogP contribution in [0.15, 0.2) is 47.4 Å². The maximum Gasteiger partial charge on any atom is 0.260 e. The zero-order valence-corrected chi connectivity index (χ0v) is 10.3. The van der Waals surface area contributed by atoms with Gasteiger partial charge in [-0.3, -0.25) is 9.59 Å². The number of pyridine rings is 1. The zero-order chi connectivity index (χ0) is 13.8. The summed E-state index contributed by atoms with van der Waals surface area (Å²) in [6.07, 6.45) is 1.46. The first-order valence-electron chi connectivity index (χ1n) is 5.82. The Morgan fingerprint density at radius 2 is 1.95 bits per heavy atom. The number of carbonyl (C=O) groups excluding carboxylic acids is 1. The molecule has 4 nitrogen and oxygen atoms in total. The molecule has 0 unspecified atom stereocenters. The Bertz CT molecular complexity index is 634. The van der Waals surface area contributed by atoms with Gasteiger partial charge in [-0.15, -0.1) is 0 Å². The molecule has 0 fully saturated rings. The van der Waals surface area contributed by atoms with Crippen molar-refractivity contribution in [2.75, 3.05) is 0 Å². The summed E-state index contributed by atoms with van der Waals surface area (Å²) in [5.41, 5.74) is 0.380. The molecule has 0 aliphatic carbocycles. The summed E-state index contributed by atoms with van der Waals surface area (Å²) in [5.74, 6) is -0.791. The highest BCUT2D eigenvalue weighted by Crippen LogP contribution is 2.13. The Kier molecular flexibility index (Phi) is 3.75. The van der Waals surface area contributed by atoms with E-state index in [1.54, 1.807) is 25.1 Å². The molecule has 1 atom stereocenters. The lowest BCUT2D eigenvalue weighted by molar-refractivity contribution is 0.0938. The molecule has 0 radical (unpaired) electrons. The second-order valence-corrected chi connectivity index (χ2v) is 4.16. The van der Waals surface area contributed by atoms with Gasteiger partial charge in [0.25, 0.3) is 11.5 Å². The monoisotopic (exact) mass is 260 g/mol. The van der Waals surface area contributed by atoms with E-state index in [0.29, 0.717) is 0 Å². The molecule has 5 heteroatoms. The van der Waals surface area contributed by atoms with Crippen molar-refractivity contribution >= 4 is 5.91 Å². The Morgan fingerprint density at radius 1 is 1.26 bits per heavy atom. The first kappa shape index (κ1) is 13.0. The molecule has 0 spiro atoms. The molecule has 1 aromatic heterocycles. The summed E-state index contributed by atoms with van der Waals surface area (Å²) in [7, 11) is 0. The smallest absolute Gasteiger partial charge is 0.260 e. The third kappa shape index (κ3) is 3.07. The summed E-state index contributed by atoms with van der Waals surface area (Å²) in [4.78, 5) is 25.8. The average molecular weight is 260 g/mol. The lowest BCUT2D eigenvalue weighted by atomic mass is 10.1. The van der Waals surface area contributed by atoms with Gasteiger partial charge in [0.2, 0.25) is 0 Å². The molecule has 1 aromatic carbocycles. The SMILES string of the molecule is C[C@H](NC(=O)c1ccc[nH]c1=O)c1ccc(F)cc1. The van der Waals surface area contributed by atoms with Crippen LogP contribution in [0.4, 0.5) is 4.39 Å². The van der Waals surface area contributed by atoms with Crippen LogP contribution >= 0.6 is 0 Å². The van der Waals surface area contributed by atoms with E-state index in [-0.39, 0.29) is 17.4 Å². The highest BCUT2D eigenvalue weighted by molar-refractivity contribution is 5.93. The van der Waals surface area contributed by atoms with Crippen LogP contribution in [0.2, 0.25) is 0 Å². The van der Waals surface area contributed by atoms with Gasteiger partial charge in [-0.2, -0.15) is 0 Å². The van der Waals surface area contributed by atoms with E-state index in [2.05, 4.69) is 10.3 Å². The van der Waals surface area contributed by atoms with Crippen molar-refractivity contribution in [1.82, 2.24) is 10.3 Å². The van der Waals surface area contributed by atoms with Crippen molar-refractivity contribution < 1.29 is 9.18 Å². The molecule has 1 amide bonds. The van der Waals surface area contributed by atoms with E-state index >= 15 is 0 Å². The minimum Gasteiger partial charge on any atom is -0.345 e. The van der Waals surface area contributed by atoms with E-state index in [0.717, 1.165) is 5.56 Å². The van der Waals surface area contributed by atoms with Crippen LogP contribution < -0.4 is 10.9 Å². The van der Waals surface area contributed by atoms with Crippen LogP contribution in [0.25, 0.3) is 0 Å². The lowest BCUT2D eigenvalue weighted by Gasteiger charge is -2.13. The number of aromatic amines is 1. The average Bonchev–Trinajstić information content (AvgIpc) is 2.39. The largest absolute Gasteiger partial charge is 0.345 e. The number of amides is 1. The fourth-order valence-electron chi connectivity index (χ4n) is 1.71. The number of H-pyrrole nitrogens is 1. The van der Waals surface area contributed by atoms with Crippen molar-refractivity contribution in [3.8, 4) is 0 Å². The van der Waals surface area contributed by atoms with E-state index in [4.69, 9.17) is 0 Å². The second-order valence-electron chi connectivity index (χ2n) is 4.16. The third-order valence-corrected chi connectivity index (χ3v) is 2.78. The van der Waals surface area contributed by atoms with Crippen LogP contribution in [0.3, 0.4) is 0 Å². The van der Waals surface area contributed by atoms with Gasteiger partial charge >= 0.3 is 0 Å². The quantitative estimate of drug-likeness (QED) is 0.886. The van der Waals surface area contributed by atoms with Crippen LogP contribution in [-0.2, 0) is 0 Å². The highest BCUT2D eigenvalue weighted by Gasteiger charge is 2.13. The van der Waals surface area contributed by atoms with Crippen molar-refractivity contribution in [1.29, 1.82) is 0 Å². The minimum absolute atomic E-state index is 0.0523. The molecule has 0 saturated carbocycles. The van der Waals surface area contributed by atoms with Gasteiger partial charge in [0, 0.05) is 6.20 Å². The van der Waals surface area contributed by atoms with Crippen molar-refractivity contribution in [3.63, 3.8) is 0 Å². The molecular formula is C14H13FN2O2. The Labute approximate surface area is 109 Å². The number of benzene rings is 1. The zero-order valence-electron chi connectivity index (χ0n) is 10.3. The van der Waals surface area contributed by atoms with Gasteiger partial charge in [0.1, 0.15) is 11.4 Å². The molecule has 0 aliphatic rings.